The first-order valence-corrected chi connectivity index (χ1v) is 10.8. The van der Waals surface area contributed by atoms with Gasteiger partial charge in [-0.2, -0.15) is 0 Å². The monoisotopic (exact) mass is 450 g/mol. The molecular formula is C28H18O6. The Kier molecular flexibility index (Phi) is 4.32. The van der Waals surface area contributed by atoms with Crippen LogP contribution in [0.2, 0.25) is 0 Å². The predicted molar refractivity (Wildman–Crippen MR) is 126 cm³/mol. The van der Waals surface area contributed by atoms with E-state index in [0.29, 0.717) is 16.7 Å². The summed E-state index contributed by atoms with van der Waals surface area (Å²) in [4.78, 5) is 40.2. The van der Waals surface area contributed by atoms with E-state index in [9.17, 15) is 14.4 Å². The highest BCUT2D eigenvalue weighted by Gasteiger charge is 2.39. The zero-order chi connectivity index (χ0) is 23.6. The number of aryl methyl sites for hydroxylation is 2. The predicted octanol–water partition coefficient (Wildman–Crippen LogP) is 5.51. The topological polar surface area (TPSA) is 86.7 Å². The number of fused-ring (bicyclic) bond motifs is 6. The lowest BCUT2D eigenvalue weighted by Gasteiger charge is -2.18. The quantitative estimate of drug-likeness (QED) is 0.331. The average molecular weight is 450 g/mol. The highest BCUT2D eigenvalue weighted by Crippen LogP contribution is 2.40. The van der Waals surface area contributed by atoms with Gasteiger partial charge in [0, 0.05) is 5.56 Å². The number of furan rings is 1. The largest absolute Gasteiger partial charge is 0.488 e. The van der Waals surface area contributed by atoms with Crippen molar-refractivity contribution in [2.24, 2.45) is 0 Å². The Morgan fingerprint density at radius 2 is 1.59 bits per heavy atom. The number of hydrogen-bond acceptors (Lipinski definition) is 6. The van der Waals surface area contributed by atoms with Crippen LogP contribution in [0.4, 0.5) is 0 Å². The van der Waals surface area contributed by atoms with Crippen LogP contribution >= 0.6 is 0 Å². The van der Waals surface area contributed by atoms with E-state index in [1.807, 2.05) is 50.2 Å². The molecule has 0 aliphatic heterocycles. The molecule has 0 saturated carbocycles. The van der Waals surface area contributed by atoms with Crippen LogP contribution in [0.1, 0.15) is 48.7 Å². The second-order valence-corrected chi connectivity index (χ2v) is 8.47. The van der Waals surface area contributed by atoms with Crippen LogP contribution in [0.3, 0.4) is 0 Å². The molecule has 5 aromatic rings. The van der Waals surface area contributed by atoms with Gasteiger partial charge < -0.3 is 13.6 Å². The van der Waals surface area contributed by atoms with Gasteiger partial charge in [0.2, 0.25) is 11.6 Å². The molecule has 0 spiro atoms. The van der Waals surface area contributed by atoms with Gasteiger partial charge in [-0.1, -0.05) is 42.5 Å². The van der Waals surface area contributed by atoms with E-state index in [2.05, 4.69) is 0 Å². The van der Waals surface area contributed by atoms with Crippen molar-refractivity contribution in [2.75, 3.05) is 0 Å². The molecule has 0 radical (unpaired) electrons. The van der Waals surface area contributed by atoms with Gasteiger partial charge in [-0.05, 0) is 48.7 Å². The second-order valence-electron chi connectivity index (χ2n) is 8.47. The van der Waals surface area contributed by atoms with E-state index < -0.39 is 17.2 Å². The molecule has 6 rings (SSSR count). The first-order chi connectivity index (χ1) is 16.4. The molecule has 0 fully saturated rings. The number of ketones is 2. The van der Waals surface area contributed by atoms with Crippen LogP contribution in [0.25, 0.3) is 21.9 Å². The van der Waals surface area contributed by atoms with Gasteiger partial charge in [0.05, 0.1) is 16.5 Å². The smallest absolute Gasteiger partial charge is 0.348 e. The lowest BCUT2D eigenvalue weighted by Crippen LogP contribution is -2.22. The molecule has 2 aromatic heterocycles. The number of hydrogen-bond donors (Lipinski definition) is 0. The molecule has 6 heteroatoms. The zero-order valence-corrected chi connectivity index (χ0v) is 18.4. The van der Waals surface area contributed by atoms with Crippen LogP contribution in [0, 0.1) is 13.8 Å². The first kappa shape index (κ1) is 20.2. The van der Waals surface area contributed by atoms with Crippen molar-refractivity contribution < 1.29 is 23.2 Å². The maximum absolute atomic E-state index is 13.8. The molecule has 0 saturated heterocycles. The van der Waals surface area contributed by atoms with Gasteiger partial charge in [0.1, 0.15) is 23.3 Å². The van der Waals surface area contributed by atoms with E-state index >= 15 is 0 Å². The Labute approximate surface area is 193 Å². The zero-order valence-electron chi connectivity index (χ0n) is 18.4. The fourth-order valence-electron chi connectivity index (χ4n) is 4.57. The van der Waals surface area contributed by atoms with E-state index in [1.54, 1.807) is 24.3 Å². The van der Waals surface area contributed by atoms with E-state index in [-0.39, 0.29) is 40.0 Å². The summed E-state index contributed by atoms with van der Waals surface area (Å²) in [5.74, 6) is -0.813. The van der Waals surface area contributed by atoms with Gasteiger partial charge >= 0.3 is 5.63 Å². The molecule has 0 atom stereocenters. The van der Waals surface area contributed by atoms with Crippen LogP contribution in [0.15, 0.2) is 74.3 Å². The number of ether oxygens (including phenoxy) is 1. The lowest BCUT2D eigenvalue weighted by atomic mass is 9.85. The Bertz CT molecular complexity index is 1720. The van der Waals surface area contributed by atoms with Crippen LogP contribution in [-0.2, 0) is 6.61 Å². The Morgan fingerprint density at radius 1 is 0.794 bits per heavy atom. The normalized spacial score (nSPS) is 12.8. The number of carbonyl (C=O) groups is 2. The van der Waals surface area contributed by atoms with Crippen molar-refractivity contribution >= 4 is 33.5 Å². The van der Waals surface area contributed by atoms with Gasteiger partial charge in [0.25, 0.3) is 0 Å². The van der Waals surface area contributed by atoms with E-state index in [4.69, 9.17) is 13.6 Å². The third-order valence-electron chi connectivity index (χ3n) is 6.15. The van der Waals surface area contributed by atoms with Gasteiger partial charge in [-0.3, -0.25) is 9.59 Å². The molecule has 1 aliphatic carbocycles. The maximum atomic E-state index is 13.8. The molecular weight excluding hydrogens is 432 g/mol. The van der Waals surface area contributed by atoms with Crippen molar-refractivity contribution in [3.8, 4) is 5.75 Å². The van der Waals surface area contributed by atoms with Crippen LogP contribution in [0.5, 0.6) is 5.75 Å². The first-order valence-electron chi connectivity index (χ1n) is 10.8. The summed E-state index contributed by atoms with van der Waals surface area (Å²) in [6.07, 6.45) is 0. The highest BCUT2D eigenvalue weighted by molar-refractivity contribution is 6.33. The minimum absolute atomic E-state index is 0.0216. The van der Waals surface area contributed by atoms with Crippen molar-refractivity contribution in [3.05, 3.63) is 110 Å². The van der Waals surface area contributed by atoms with Crippen molar-refractivity contribution in [1.29, 1.82) is 0 Å². The van der Waals surface area contributed by atoms with Crippen LogP contribution < -0.4 is 10.4 Å². The molecule has 2 heterocycles. The summed E-state index contributed by atoms with van der Waals surface area (Å²) in [5, 5.41) is 0.511. The third kappa shape index (κ3) is 2.85. The Hall–Kier alpha value is -4.45. The molecule has 34 heavy (non-hydrogen) atoms. The lowest BCUT2D eigenvalue weighted by molar-refractivity contribution is 0.0958. The second kappa shape index (κ2) is 7.28. The maximum Gasteiger partial charge on any atom is 0.348 e. The third-order valence-corrected chi connectivity index (χ3v) is 6.15. The van der Waals surface area contributed by atoms with Gasteiger partial charge in [0.15, 0.2) is 11.3 Å². The summed E-state index contributed by atoms with van der Waals surface area (Å²) in [6, 6.07) is 18.2. The van der Waals surface area contributed by atoms with Crippen molar-refractivity contribution in [3.63, 3.8) is 0 Å². The number of carbonyl (C=O) groups excluding carboxylic acids is 2. The highest BCUT2D eigenvalue weighted by atomic mass is 16.5. The fourth-order valence-corrected chi connectivity index (χ4v) is 4.57. The van der Waals surface area contributed by atoms with E-state index in [1.165, 1.54) is 0 Å². The van der Waals surface area contributed by atoms with Gasteiger partial charge in [-0.15, -0.1) is 0 Å². The Balaban J connectivity index is 1.57. The Morgan fingerprint density at radius 3 is 2.38 bits per heavy atom. The number of rotatable bonds is 3. The number of benzene rings is 3. The molecule has 3 aromatic carbocycles. The number of para-hydroxylation sites is 1. The minimum Gasteiger partial charge on any atom is -0.488 e. The standard InChI is InChI=1S/C28H18O6/c1-14-11-18-20(19(12-14)32-13-16-8-4-3-5-9-16)24(30)21-22-26(33-27(21)23(18)29)17-10-6-7-15(2)25(17)34-28(22)31/h3-12H,13H2,1-2H3. The summed E-state index contributed by atoms with van der Waals surface area (Å²) in [5.41, 5.74) is 2.52. The molecule has 1 aliphatic rings. The molecule has 0 N–H and O–H groups in total. The molecule has 6 nitrogen and oxygen atoms in total. The minimum atomic E-state index is -0.717. The van der Waals surface area contributed by atoms with Crippen molar-refractivity contribution in [2.45, 2.75) is 20.5 Å². The van der Waals surface area contributed by atoms with Gasteiger partial charge in [-0.25, -0.2) is 4.79 Å². The fraction of sp³-hybridized carbons (Fsp3) is 0.107. The summed E-state index contributed by atoms with van der Waals surface area (Å²) in [6.45, 7) is 3.86. The van der Waals surface area contributed by atoms with E-state index in [0.717, 1.165) is 16.7 Å². The summed E-state index contributed by atoms with van der Waals surface area (Å²) >= 11 is 0. The molecule has 0 amide bonds. The summed E-state index contributed by atoms with van der Waals surface area (Å²) in [7, 11) is 0. The average Bonchev–Trinajstić information content (AvgIpc) is 3.25. The van der Waals surface area contributed by atoms with Crippen LogP contribution in [-0.4, -0.2) is 11.6 Å². The molecule has 0 unspecified atom stereocenters. The molecule has 0 bridgehead atoms. The van der Waals surface area contributed by atoms with Crippen molar-refractivity contribution in [1.82, 2.24) is 0 Å². The summed E-state index contributed by atoms with van der Waals surface area (Å²) < 4.78 is 17.5. The molecule has 166 valence electrons. The SMILES string of the molecule is Cc1cc(OCc2ccccc2)c2c(c1)C(=O)c1oc3c(c1C2=O)c(=O)oc1c(C)cccc13.